The summed E-state index contributed by atoms with van der Waals surface area (Å²) in [5, 5.41) is 11.1. The minimum atomic E-state index is 0.141. The molecular formula is C13H21N5O. The van der Waals surface area contributed by atoms with Gasteiger partial charge in [-0.2, -0.15) is 0 Å². The largest absolute Gasteiger partial charge is 0.353 e. The lowest BCUT2D eigenvalue weighted by molar-refractivity contribution is -0.126. The highest BCUT2D eigenvalue weighted by atomic mass is 16.2. The third-order valence-corrected chi connectivity index (χ3v) is 3.97. The summed E-state index contributed by atoms with van der Waals surface area (Å²) in [6, 6.07) is 0.460. The van der Waals surface area contributed by atoms with Gasteiger partial charge in [0.1, 0.15) is 12.2 Å². The maximum atomic E-state index is 12.1. The van der Waals surface area contributed by atoms with Gasteiger partial charge in [-0.1, -0.05) is 0 Å². The molecule has 0 aromatic carbocycles. The van der Waals surface area contributed by atoms with Crippen molar-refractivity contribution in [2.24, 2.45) is 13.0 Å². The summed E-state index contributed by atoms with van der Waals surface area (Å²) in [7, 11) is 1.95. The Balaban J connectivity index is 1.55. The van der Waals surface area contributed by atoms with Gasteiger partial charge in [0.25, 0.3) is 0 Å². The summed E-state index contributed by atoms with van der Waals surface area (Å²) < 4.78 is 1.94. The minimum Gasteiger partial charge on any atom is -0.353 e. The van der Waals surface area contributed by atoms with Crippen molar-refractivity contribution in [2.75, 3.05) is 13.1 Å². The fourth-order valence-corrected chi connectivity index (χ4v) is 2.61. The first kappa shape index (κ1) is 12.6. The molecular weight excluding hydrogens is 242 g/mol. The van der Waals surface area contributed by atoms with Gasteiger partial charge in [0.15, 0.2) is 0 Å². The first-order chi connectivity index (χ1) is 9.22. The molecule has 1 amide bonds. The molecule has 2 fully saturated rings. The molecule has 0 radical (unpaired) electrons. The smallest absolute Gasteiger partial charge is 0.224 e. The quantitative estimate of drug-likeness (QED) is 0.849. The van der Waals surface area contributed by atoms with Gasteiger partial charge in [0, 0.05) is 19.6 Å². The number of rotatable bonds is 4. The molecule has 0 bridgehead atoms. The average molecular weight is 263 g/mol. The van der Waals surface area contributed by atoms with E-state index in [2.05, 4.69) is 20.4 Å². The molecule has 1 saturated heterocycles. The molecule has 1 aliphatic carbocycles. The van der Waals surface area contributed by atoms with Crippen LogP contribution in [0.5, 0.6) is 0 Å². The van der Waals surface area contributed by atoms with E-state index in [4.69, 9.17) is 0 Å². The molecule has 6 heteroatoms. The molecule has 1 aliphatic heterocycles. The fraction of sp³-hybridized carbons (Fsp3) is 0.769. The van der Waals surface area contributed by atoms with Crippen LogP contribution in [0, 0.1) is 5.92 Å². The molecule has 1 atom stereocenters. The van der Waals surface area contributed by atoms with Crippen LogP contribution in [0.2, 0.25) is 0 Å². The molecule has 1 aromatic rings. The lowest BCUT2D eigenvalue weighted by Gasteiger charge is -2.31. The van der Waals surface area contributed by atoms with Gasteiger partial charge in [-0.05, 0) is 32.2 Å². The zero-order chi connectivity index (χ0) is 13.2. The van der Waals surface area contributed by atoms with Crippen molar-refractivity contribution in [3.63, 3.8) is 0 Å². The second kappa shape index (κ2) is 5.28. The molecule has 1 unspecified atom stereocenters. The van der Waals surface area contributed by atoms with Gasteiger partial charge < -0.3 is 9.88 Å². The van der Waals surface area contributed by atoms with Crippen molar-refractivity contribution in [1.82, 2.24) is 25.0 Å². The van der Waals surface area contributed by atoms with E-state index in [1.54, 1.807) is 6.33 Å². The SMILES string of the molecule is Cn1cnnc1CN1CCCC(C(=O)NC2CC2)C1. The molecule has 3 rings (SSSR count). The molecule has 1 aromatic heterocycles. The number of carbonyl (C=O) groups is 1. The molecule has 2 heterocycles. The van der Waals surface area contributed by atoms with E-state index >= 15 is 0 Å². The maximum Gasteiger partial charge on any atom is 0.224 e. The predicted octanol–water partition coefficient (Wildman–Crippen LogP) is 0.306. The third kappa shape index (κ3) is 3.12. The van der Waals surface area contributed by atoms with Crippen LogP contribution < -0.4 is 5.32 Å². The van der Waals surface area contributed by atoms with Gasteiger partial charge in [-0.3, -0.25) is 9.69 Å². The van der Waals surface area contributed by atoms with E-state index in [1.807, 2.05) is 11.6 Å². The monoisotopic (exact) mass is 263 g/mol. The van der Waals surface area contributed by atoms with Crippen molar-refractivity contribution in [3.8, 4) is 0 Å². The van der Waals surface area contributed by atoms with Crippen LogP contribution in [-0.4, -0.2) is 44.7 Å². The number of likely N-dealkylation sites (tertiary alicyclic amines) is 1. The van der Waals surface area contributed by atoms with Gasteiger partial charge >= 0.3 is 0 Å². The Hall–Kier alpha value is -1.43. The first-order valence-electron chi connectivity index (χ1n) is 7.08. The lowest BCUT2D eigenvalue weighted by Crippen LogP contribution is -2.43. The second-order valence-corrected chi connectivity index (χ2v) is 5.72. The van der Waals surface area contributed by atoms with Crippen molar-refractivity contribution >= 4 is 5.91 Å². The zero-order valence-corrected chi connectivity index (χ0v) is 11.4. The third-order valence-electron chi connectivity index (χ3n) is 3.97. The standard InChI is InChI=1S/C13H21N5O/c1-17-9-14-16-12(17)8-18-6-2-3-10(7-18)13(19)15-11-4-5-11/h9-11H,2-8H2,1H3,(H,15,19). The number of piperidine rings is 1. The number of aromatic nitrogens is 3. The first-order valence-corrected chi connectivity index (χ1v) is 7.08. The molecule has 104 valence electrons. The molecule has 1 N–H and O–H groups in total. The Morgan fingerprint density at radius 3 is 3.00 bits per heavy atom. The highest BCUT2D eigenvalue weighted by molar-refractivity contribution is 5.79. The van der Waals surface area contributed by atoms with Crippen LogP contribution in [0.1, 0.15) is 31.5 Å². The summed E-state index contributed by atoms with van der Waals surface area (Å²) in [5.41, 5.74) is 0. The van der Waals surface area contributed by atoms with Crippen molar-refractivity contribution in [3.05, 3.63) is 12.2 Å². The van der Waals surface area contributed by atoms with E-state index in [1.165, 1.54) is 0 Å². The van der Waals surface area contributed by atoms with E-state index in [0.29, 0.717) is 6.04 Å². The molecule has 1 saturated carbocycles. The number of amides is 1. The summed E-state index contributed by atoms with van der Waals surface area (Å²) in [6.45, 7) is 2.66. The Kier molecular flexibility index (Phi) is 3.50. The Morgan fingerprint density at radius 1 is 1.47 bits per heavy atom. The van der Waals surface area contributed by atoms with Crippen molar-refractivity contribution in [2.45, 2.75) is 38.3 Å². The number of nitrogens with one attached hydrogen (secondary N) is 1. The highest BCUT2D eigenvalue weighted by Gasteiger charge is 2.30. The van der Waals surface area contributed by atoms with Crippen molar-refractivity contribution in [1.29, 1.82) is 0 Å². The van der Waals surface area contributed by atoms with E-state index in [9.17, 15) is 4.79 Å². The summed E-state index contributed by atoms with van der Waals surface area (Å²) in [6.07, 6.45) is 6.12. The summed E-state index contributed by atoms with van der Waals surface area (Å²) in [5.74, 6) is 1.34. The normalized spacial score (nSPS) is 24.4. The van der Waals surface area contributed by atoms with Crippen LogP contribution in [0.25, 0.3) is 0 Å². The summed E-state index contributed by atoms with van der Waals surface area (Å²) in [4.78, 5) is 14.4. The van der Waals surface area contributed by atoms with E-state index in [-0.39, 0.29) is 11.8 Å². The number of aryl methyl sites for hydroxylation is 1. The lowest BCUT2D eigenvalue weighted by atomic mass is 9.97. The predicted molar refractivity (Wildman–Crippen MR) is 70.2 cm³/mol. The summed E-state index contributed by atoms with van der Waals surface area (Å²) >= 11 is 0. The molecule has 19 heavy (non-hydrogen) atoms. The molecule has 2 aliphatic rings. The average Bonchev–Trinajstić information content (AvgIpc) is 3.13. The Morgan fingerprint density at radius 2 is 2.32 bits per heavy atom. The van der Waals surface area contributed by atoms with E-state index in [0.717, 1.165) is 51.1 Å². The van der Waals surface area contributed by atoms with Crippen LogP contribution in [0.3, 0.4) is 0 Å². The van der Waals surface area contributed by atoms with Crippen molar-refractivity contribution < 1.29 is 4.79 Å². The Bertz CT molecular complexity index is 454. The second-order valence-electron chi connectivity index (χ2n) is 5.72. The number of hydrogen-bond donors (Lipinski definition) is 1. The fourth-order valence-electron chi connectivity index (χ4n) is 2.61. The van der Waals surface area contributed by atoms with Crippen LogP contribution >= 0.6 is 0 Å². The topological polar surface area (TPSA) is 63.1 Å². The maximum absolute atomic E-state index is 12.1. The van der Waals surface area contributed by atoms with Gasteiger partial charge in [0.05, 0.1) is 12.5 Å². The highest BCUT2D eigenvalue weighted by Crippen LogP contribution is 2.22. The molecule has 0 spiro atoms. The van der Waals surface area contributed by atoms with Crippen LogP contribution in [0.15, 0.2) is 6.33 Å². The number of hydrogen-bond acceptors (Lipinski definition) is 4. The zero-order valence-electron chi connectivity index (χ0n) is 11.4. The van der Waals surface area contributed by atoms with E-state index < -0.39 is 0 Å². The molecule has 6 nitrogen and oxygen atoms in total. The van der Waals surface area contributed by atoms with Gasteiger partial charge in [-0.15, -0.1) is 10.2 Å². The number of nitrogens with zero attached hydrogens (tertiary/aromatic N) is 4. The van der Waals surface area contributed by atoms with Gasteiger partial charge in [-0.25, -0.2) is 0 Å². The minimum absolute atomic E-state index is 0.141. The Labute approximate surface area is 113 Å². The number of carbonyl (C=O) groups excluding carboxylic acids is 1. The van der Waals surface area contributed by atoms with Crippen LogP contribution in [-0.2, 0) is 18.4 Å². The van der Waals surface area contributed by atoms with Crippen LogP contribution in [0.4, 0.5) is 0 Å². The van der Waals surface area contributed by atoms with Gasteiger partial charge in [0.2, 0.25) is 5.91 Å².